The number of hydrogen-bond donors (Lipinski definition) is 1. The third kappa shape index (κ3) is 6.87. The van der Waals surface area contributed by atoms with Gasteiger partial charge in [-0.3, -0.25) is 4.79 Å². The summed E-state index contributed by atoms with van der Waals surface area (Å²) >= 11 is 0. The van der Waals surface area contributed by atoms with E-state index in [0.717, 1.165) is 19.3 Å². The van der Waals surface area contributed by atoms with Crippen LogP contribution >= 0.6 is 0 Å². The van der Waals surface area contributed by atoms with Gasteiger partial charge in [0, 0.05) is 18.7 Å². The van der Waals surface area contributed by atoms with Crippen molar-refractivity contribution in [3.63, 3.8) is 0 Å². The molecule has 0 saturated heterocycles. The zero-order valence-electron chi connectivity index (χ0n) is 17.5. The van der Waals surface area contributed by atoms with E-state index < -0.39 is 9.84 Å². The first-order valence-electron chi connectivity index (χ1n) is 10.7. The highest BCUT2D eigenvalue weighted by atomic mass is 32.2. The van der Waals surface area contributed by atoms with Crippen LogP contribution in [0.15, 0.2) is 59.5 Å². The molecule has 1 amide bonds. The lowest BCUT2D eigenvalue weighted by molar-refractivity contribution is -0.122. The maximum atomic E-state index is 12.4. The second-order valence-corrected chi connectivity index (χ2v) is 10.1. The monoisotopic (exact) mass is 429 g/mol. The highest BCUT2D eigenvalue weighted by Crippen LogP contribution is 2.27. The first-order chi connectivity index (χ1) is 14.4. The summed E-state index contributed by atoms with van der Waals surface area (Å²) < 4.78 is 28.6. The largest absolute Gasteiger partial charge is 0.494 e. The molecule has 5 nitrogen and oxygen atoms in total. The molecule has 0 aromatic heterocycles. The number of benzene rings is 2. The van der Waals surface area contributed by atoms with Crippen LogP contribution < -0.4 is 10.1 Å². The van der Waals surface area contributed by atoms with E-state index in [4.69, 9.17) is 4.74 Å². The molecule has 2 atom stereocenters. The van der Waals surface area contributed by atoms with E-state index in [9.17, 15) is 13.2 Å². The van der Waals surface area contributed by atoms with Crippen molar-refractivity contribution >= 4 is 15.7 Å². The SMILES string of the molecule is CS(=O)(=O)c1ccc(OCCCC(=O)NC2CCCCC2Cc2ccccc2)cc1. The summed E-state index contributed by atoms with van der Waals surface area (Å²) in [5, 5.41) is 3.25. The first-order valence-corrected chi connectivity index (χ1v) is 12.6. The Morgan fingerprint density at radius 1 is 1.03 bits per heavy atom. The summed E-state index contributed by atoms with van der Waals surface area (Å²) in [6.07, 6.45) is 7.85. The molecule has 0 bridgehead atoms. The summed E-state index contributed by atoms with van der Waals surface area (Å²) in [7, 11) is -3.20. The van der Waals surface area contributed by atoms with Gasteiger partial charge in [-0.05, 0) is 61.4 Å². The summed E-state index contributed by atoms with van der Waals surface area (Å²) in [4.78, 5) is 12.7. The number of hydrogen-bond acceptors (Lipinski definition) is 4. The molecule has 1 N–H and O–H groups in total. The quantitative estimate of drug-likeness (QED) is 0.608. The fourth-order valence-electron chi connectivity index (χ4n) is 4.04. The maximum absolute atomic E-state index is 12.4. The van der Waals surface area contributed by atoms with Crippen molar-refractivity contribution in [3.05, 3.63) is 60.2 Å². The van der Waals surface area contributed by atoms with Gasteiger partial charge in [0.05, 0.1) is 11.5 Å². The van der Waals surface area contributed by atoms with E-state index >= 15 is 0 Å². The first kappa shape index (κ1) is 22.3. The average Bonchev–Trinajstić information content (AvgIpc) is 2.73. The van der Waals surface area contributed by atoms with Crippen molar-refractivity contribution in [1.82, 2.24) is 5.32 Å². The van der Waals surface area contributed by atoms with Gasteiger partial charge in [-0.1, -0.05) is 43.2 Å². The average molecular weight is 430 g/mol. The van der Waals surface area contributed by atoms with Crippen molar-refractivity contribution in [2.75, 3.05) is 12.9 Å². The predicted molar refractivity (Wildman–Crippen MR) is 118 cm³/mol. The van der Waals surface area contributed by atoms with Gasteiger partial charge in [-0.15, -0.1) is 0 Å². The molecule has 162 valence electrons. The highest BCUT2D eigenvalue weighted by molar-refractivity contribution is 7.90. The Balaban J connectivity index is 1.41. The van der Waals surface area contributed by atoms with Gasteiger partial charge in [-0.25, -0.2) is 8.42 Å². The van der Waals surface area contributed by atoms with Crippen LogP contribution in [0.4, 0.5) is 0 Å². The van der Waals surface area contributed by atoms with Gasteiger partial charge in [-0.2, -0.15) is 0 Å². The van der Waals surface area contributed by atoms with Gasteiger partial charge in [0.25, 0.3) is 0 Å². The summed E-state index contributed by atoms with van der Waals surface area (Å²) in [5.74, 6) is 1.18. The molecule has 6 heteroatoms. The van der Waals surface area contributed by atoms with Crippen molar-refractivity contribution in [2.45, 2.75) is 55.9 Å². The second kappa shape index (κ2) is 10.6. The van der Waals surface area contributed by atoms with Gasteiger partial charge in [0.15, 0.2) is 9.84 Å². The van der Waals surface area contributed by atoms with E-state index in [1.54, 1.807) is 12.1 Å². The van der Waals surface area contributed by atoms with E-state index in [1.165, 1.54) is 36.8 Å². The topological polar surface area (TPSA) is 72.5 Å². The smallest absolute Gasteiger partial charge is 0.220 e. The van der Waals surface area contributed by atoms with E-state index in [1.807, 2.05) is 6.07 Å². The molecule has 1 aliphatic carbocycles. The molecule has 0 spiro atoms. The number of rotatable bonds is 9. The van der Waals surface area contributed by atoms with E-state index in [-0.39, 0.29) is 16.8 Å². The number of carbonyl (C=O) groups excluding carboxylic acids is 1. The second-order valence-electron chi connectivity index (χ2n) is 8.10. The third-order valence-corrected chi connectivity index (χ3v) is 6.79. The predicted octanol–water partition coefficient (Wildman–Crippen LogP) is 4.17. The molecule has 2 aromatic carbocycles. The molecule has 0 radical (unpaired) electrons. The molecule has 3 rings (SSSR count). The van der Waals surface area contributed by atoms with Crippen LogP contribution in [0, 0.1) is 5.92 Å². The van der Waals surface area contributed by atoms with Gasteiger partial charge in [0.1, 0.15) is 5.75 Å². The Hall–Kier alpha value is -2.34. The van der Waals surface area contributed by atoms with Crippen LogP contribution in [0.3, 0.4) is 0 Å². The Morgan fingerprint density at radius 3 is 2.43 bits per heavy atom. The molecule has 30 heavy (non-hydrogen) atoms. The fraction of sp³-hybridized carbons (Fsp3) is 0.458. The minimum atomic E-state index is -3.20. The zero-order valence-corrected chi connectivity index (χ0v) is 18.4. The molecule has 0 aliphatic heterocycles. The minimum absolute atomic E-state index is 0.0796. The minimum Gasteiger partial charge on any atom is -0.494 e. The molecular formula is C24H31NO4S. The Bertz CT molecular complexity index is 910. The van der Waals surface area contributed by atoms with Crippen LogP contribution in [-0.2, 0) is 21.1 Å². The van der Waals surface area contributed by atoms with Crippen LogP contribution in [0.25, 0.3) is 0 Å². The number of carbonyl (C=O) groups is 1. The lowest BCUT2D eigenvalue weighted by Crippen LogP contribution is -2.42. The van der Waals surface area contributed by atoms with E-state index in [2.05, 4.69) is 29.6 Å². The molecule has 1 saturated carbocycles. The number of ether oxygens (including phenoxy) is 1. The number of amides is 1. The Labute approximate surface area is 179 Å². The number of sulfone groups is 1. The van der Waals surface area contributed by atoms with E-state index in [0.29, 0.717) is 31.1 Å². The van der Waals surface area contributed by atoms with Crippen molar-refractivity contribution in [2.24, 2.45) is 5.92 Å². The third-order valence-electron chi connectivity index (χ3n) is 5.66. The Kier molecular flexibility index (Phi) is 7.91. The Morgan fingerprint density at radius 2 is 1.73 bits per heavy atom. The van der Waals surface area contributed by atoms with Crippen LogP contribution in [0.2, 0.25) is 0 Å². The lowest BCUT2D eigenvalue weighted by Gasteiger charge is -2.32. The molecule has 1 fully saturated rings. The summed E-state index contributed by atoms with van der Waals surface area (Å²) in [6.45, 7) is 0.420. The van der Waals surface area contributed by atoms with Gasteiger partial charge < -0.3 is 10.1 Å². The molecule has 2 aromatic rings. The normalized spacial score (nSPS) is 19.2. The summed E-state index contributed by atoms with van der Waals surface area (Å²) in [6, 6.07) is 17.1. The van der Waals surface area contributed by atoms with Crippen molar-refractivity contribution in [3.8, 4) is 5.75 Å². The number of nitrogens with one attached hydrogen (secondary N) is 1. The van der Waals surface area contributed by atoms with Crippen molar-refractivity contribution in [1.29, 1.82) is 0 Å². The van der Waals surface area contributed by atoms with Crippen LogP contribution in [0.1, 0.15) is 44.1 Å². The van der Waals surface area contributed by atoms with Gasteiger partial charge >= 0.3 is 0 Å². The standard InChI is InChI=1S/C24H31NO4S/c1-30(27,28)22-15-13-21(14-16-22)29-17-7-12-24(26)25-23-11-6-5-10-20(23)18-19-8-3-2-4-9-19/h2-4,8-9,13-16,20,23H,5-7,10-12,17-18H2,1H3,(H,25,26). The van der Waals surface area contributed by atoms with Crippen molar-refractivity contribution < 1.29 is 17.9 Å². The molecular weight excluding hydrogens is 398 g/mol. The lowest BCUT2D eigenvalue weighted by atomic mass is 9.80. The van der Waals surface area contributed by atoms with Crippen LogP contribution in [0.5, 0.6) is 5.75 Å². The highest BCUT2D eigenvalue weighted by Gasteiger charge is 2.26. The maximum Gasteiger partial charge on any atom is 0.220 e. The molecule has 1 aliphatic rings. The summed E-state index contributed by atoms with van der Waals surface area (Å²) in [5.41, 5.74) is 1.33. The zero-order chi connectivity index (χ0) is 21.4. The van der Waals surface area contributed by atoms with Gasteiger partial charge in [0.2, 0.25) is 5.91 Å². The fourth-order valence-corrected chi connectivity index (χ4v) is 4.67. The molecule has 2 unspecified atom stereocenters. The molecule has 0 heterocycles. The van der Waals surface area contributed by atoms with Crippen LogP contribution in [-0.4, -0.2) is 33.2 Å².